The molecule has 0 unspecified atom stereocenters. The SMILES string of the molecule is O=C(Nc1ccc(N2C(=O)c3ccccc3C2=O)cc1Cl)c1ccc2ccccc2c1. The van der Waals surface area contributed by atoms with Crippen molar-refractivity contribution in [2.75, 3.05) is 10.2 Å². The number of anilines is 2. The average molecular weight is 427 g/mol. The van der Waals surface area contributed by atoms with Crippen molar-refractivity contribution >= 4 is 51.5 Å². The molecule has 150 valence electrons. The fourth-order valence-electron chi connectivity index (χ4n) is 3.69. The van der Waals surface area contributed by atoms with Crippen LogP contribution in [-0.2, 0) is 0 Å². The van der Waals surface area contributed by atoms with Crippen molar-refractivity contribution in [2.45, 2.75) is 0 Å². The van der Waals surface area contributed by atoms with Gasteiger partial charge in [-0.25, -0.2) is 4.90 Å². The van der Waals surface area contributed by atoms with Crippen LogP contribution in [0.5, 0.6) is 0 Å². The molecule has 6 heteroatoms. The molecule has 4 aromatic rings. The lowest BCUT2D eigenvalue weighted by molar-refractivity contribution is 0.0924. The quantitative estimate of drug-likeness (QED) is 0.437. The lowest BCUT2D eigenvalue weighted by Gasteiger charge is -2.16. The van der Waals surface area contributed by atoms with Crippen LogP contribution in [0.2, 0.25) is 5.02 Å². The zero-order valence-electron chi connectivity index (χ0n) is 16.1. The molecular weight excluding hydrogens is 412 g/mol. The van der Waals surface area contributed by atoms with Crippen molar-refractivity contribution in [3.63, 3.8) is 0 Å². The normalized spacial score (nSPS) is 12.9. The minimum atomic E-state index is -0.399. The molecule has 31 heavy (non-hydrogen) atoms. The Bertz CT molecular complexity index is 1360. The summed E-state index contributed by atoms with van der Waals surface area (Å²) < 4.78 is 0. The van der Waals surface area contributed by atoms with Crippen LogP contribution in [0.15, 0.2) is 84.9 Å². The van der Waals surface area contributed by atoms with Crippen molar-refractivity contribution in [3.05, 3.63) is 107 Å². The molecule has 0 radical (unpaired) electrons. The van der Waals surface area contributed by atoms with Gasteiger partial charge in [0.1, 0.15) is 0 Å². The number of hydrogen-bond acceptors (Lipinski definition) is 3. The summed E-state index contributed by atoms with van der Waals surface area (Å²) in [6.07, 6.45) is 0. The van der Waals surface area contributed by atoms with Gasteiger partial charge in [0, 0.05) is 5.56 Å². The number of halogens is 1. The van der Waals surface area contributed by atoms with Gasteiger partial charge in [0.15, 0.2) is 0 Å². The number of nitrogens with one attached hydrogen (secondary N) is 1. The first-order valence-corrected chi connectivity index (χ1v) is 9.98. The molecule has 1 N–H and O–H groups in total. The Morgan fingerprint density at radius 3 is 2.06 bits per heavy atom. The summed E-state index contributed by atoms with van der Waals surface area (Å²) in [5, 5.41) is 5.02. The summed E-state index contributed by atoms with van der Waals surface area (Å²) in [6, 6.07) is 24.6. The lowest BCUT2D eigenvalue weighted by atomic mass is 10.1. The number of nitrogens with zero attached hydrogens (tertiary/aromatic N) is 1. The summed E-state index contributed by atoms with van der Waals surface area (Å²) in [5.74, 6) is -1.10. The first-order chi connectivity index (χ1) is 15.0. The molecule has 1 heterocycles. The van der Waals surface area contributed by atoms with Gasteiger partial charge in [-0.05, 0) is 53.2 Å². The van der Waals surface area contributed by atoms with Crippen molar-refractivity contribution in [1.82, 2.24) is 0 Å². The average Bonchev–Trinajstić information content (AvgIpc) is 3.05. The first kappa shape index (κ1) is 19.0. The molecule has 3 amide bonds. The van der Waals surface area contributed by atoms with E-state index in [0.29, 0.717) is 28.1 Å². The van der Waals surface area contributed by atoms with E-state index in [4.69, 9.17) is 11.6 Å². The molecule has 0 bridgehead atoms. The Hall–Kier alpha value is -3.96. The number of carbonyl (C=O) groups excluding carboxylic acids is 3. The van der Waals surface area contributed by atoms with Crippen molar-refractivity contribution in [2.24, 2.45) is 0 Å². The minimum absolute atomic E-state index is 0.225. The van der Waals surface area contributed by atoms with E-state index in [1.165, 1.54) is 6.07 Å². The van der Waals surface area contributed by atoms with Gasteiger partial charge in [0.2, 0.25) is 0 Å². The van der Waals surface area contributed by atoms with E-state index in [1.807, 2.05) is 36.4 Å². The van der Waals surface area contributed by atoms with Gasteiger partial charge in [-0.2, -0.15) is 0 Å². The molecule has 5 rings (SSSR count). The lowest BCUT2D eigenvalue weighted by Crippen LogP contribution is -2.29. The zero-order valence-corrected chi connectivity index (χ0v) is 16.9. The Morgan fingerprint density at radius 2 is 1.39 bits per heavy atom. The standard InChI is InChI=1S/C25H15ClN2O3/c26-21-14-18(28-24(30)19-7-3-4-8-20(19)25(28)31)11-12-22(21)27-23(29)17-10-9-15-5-1-2-6-16(15)13-17/h1-14H,(H,27,29). The highest BCUT2D eigenvalue weighted by molar-refractivity contribution is 6.37. The van der Waals surface area contributed by atoms with Gasteiger partial charge in [0.25, 0.3) is 17.7 Å². The van der Waals surface area contributed by atoms with Gasteiger partial charge in [0.05, 0.1) is 27.5 Å². The van der Waals surface area contributed by atoms with Crippen LogP contribution in [0, 0.1) is 0 Å². The number of benzene rings is 4. The van der Waals surface area contributed by atoms with E-state index in [-0.39, 0.29) is 10.9 Å². The topological polar surface area (TPSA) is 66.5 Å². The first-order valence-electron chi connectivity index (χ1n) is 9.60. The molecule has 5 nitrogen and oxygen atoms in total. The number of carbonyl (C=O) groups is 3. The van der Waals surface area contributed by atoms with Crippen LogP contribution in [0.1, 0.15) is 31.1 Å². The summed E-state index contributed by atoms with van der Waals surface area (Å²) in [7, 11) is 0. The highest BCUT2D eigenvalue weighted by atomic mass is 35.5. The Morgan fingerprint density at radius 1 is 0.742 bits per heavy atom. The fourth-order valence-corrected chi connectivity index (χ4v) is 3.92. The second-order valence-corrected chi connectivity index (χ2v) is 7.58. The monoisotopic (exact) mass is 426 g/mol. The van der Waals surface area contributed by atoms with Crippen molar-refractivity contribution in [1.29, 1.82) is 0 Å². The molecule has 0 saturated carbocycles. The Balaban J connectivity index is 1.40. The van der Waals surface area contributed by atoms with Crippen molar-refractivity contribution < 1.29 is 14.4 Å². The van der Waals surface area contributed by atoms with Crippen molar-refractivity contribution in [3.8, 4) is 0 Å². The molecule has 0 aromatic heterocycles. The number of fused-ring (bicyclic) bond motifs is 2. The Kier molecular flexibility index (Phi) is 4.53. The fraction of sp³-hybridized carbons (Fsp3) is 0. The van der Waals surface area contributed by atoms with Gasteiger partial charge < -0.3 is 5.32 Å². The van der Waals surface area contributed by atoms with E-state index >= 15 is 0 Å². The minimum Gasteiger partial charge on any atom is -0.321 e. The van der Waals surface area contributed by atoms with Gasteiger partial charge in [-0.1, -0.05) is 54.1 Å². The molecule has 1 aliphatic heterocycles. The predicted molar refractivity (Wildman–Crippen MR) is 121 cm³/mol. The molecule has 0 saturated heterocycles. The predicted octanol–water partition coefficient (Wildman–Crippen LogP) is 5.55. The van der Waals surface area contributed by atoms with Gasteiger partial charge in [-0.15, -0.1) is 0 Å². The molecule has 0 atom stereocenters. The zero-order chi connectivity index (χ0) is 21.5. The molecule has 4 aromatic carbocycles. The molecule has 0 fully saturated rings. The second-order valence-electron chi connectivity index (χ2n) is 7.17. The summed E-state index contributed by atoms with van der Waals surface area (Å²) in [6.45, 7) is 0. The third kappa shape index (κ3) is 3.25. The molecule has 0 aliphatic carbocycles. The maximum Gasteiger partial charge on any atom is 0.266 e. The maximum atomic E-state index is 12.7. The number of rotatable bonds is 3. The largest absolute Gasteiger partial charge is 0.321 e. The van der Waals surface area contributed by atoms with Crippen LogP contribution < -0.4 is 10.2 Å². The summed E-state index contributed by atoms with van der Waals surface area (Å²) in [4.78, 5) is 39.1. The smallest absolute Gasteiger partial charge is 0.266 e. The number of hydrogen-bond donors (Lipinski definition) is 1. The maximum absolute atomic E-state index is 12.7. The van der Waals surface area contributed by atoms with Crippen LogP contribution >= 0.6 is 11.6 Å². The van der Waals surface area contributed by atoms with E-state index in [2.05, 4.69) is 5.32 Å². The van der Waals surface area contributed by atoms with E-state index < -0.39 is 11.8 Å². The highest BCUT2D eigenvalue weighted by Crippen LogP contribution is 2.33. The molecule has 0 spiro atoms. The van der Waals surface area contributed by atoms with Crippen LogP contribution in [-0.4, -0.2) is 17.7 Å². The van der Waals surface area contributed by atoms with Gasteiger partial charge in [-0.3, -0.25) is 14.4 Å². The number of amides is 3. The second kappa shape index (κ2) is 7.38. The van der Waals surface area contributed by atoms with E-state index in [1.54, 1.807) is 42.5 Å². The van der Waals surface area contributed by atoms with Crippen LogP contribution in [0.3, 0.4) is 0 Å². The van der Waals surface area contributed by atoms with Crippen LogP contribution in [0.25, 0.3) is 10.8 Å². The van der Waals surface area contributed by atoms with E-state index in [0.717, 1.165) is 15.7 Å². The Labute approximate surface area is 182 Å². The van der Waals surface area contributed by atoms with Gasteiger partial charge >= 0.3 is 0 Å². The summed E-state index contributed by atoms with van der Waals surface area (Å²) in [5.41, 5.74) is 1.95. The summed E-state index contributed by atoms with van der Waals surface area (Å²) >= 11 is 6.38. The molecular formula is C25H15ClN2O3. The molecule has 1 aliphatic rings. The van der Waals surface area contributed by atoms with Crippen LogP contribution in [0.4, 0.5) is 11.4 Å². The highest BCUT2D eigenvalue weighted by Gasteiger charge is 2.36. The van der Waals surface area contributed by atoms with E-state index in [9.17, 15) is 14.4 Å². The third-order valence-electron chi connectivity index (χ3n) is 5.26. The number of imide groups is 1. The third-order valence-corrected chi connectivity index (χ3v) is 5.58.